The Morgan fingerprint density at radius 2 is 2.06 bits per heavy atom. The Bertz CT molecular complexity index is 410. The van der Waals surface area contributed by atoms with Gasteiger partial charge in [-0.05, 0) is 36.5 Å². The van der Waals surface area contributed by atoms with Crippen LogP contribution in [0.15, 0.2) is 18.2 Å². The van der Waals surface area contributed by atoms with Gasteiger partial charge in [-0.3, -0.25) is 0 Å². The first-order valence-electron chi connectivity index (χ1n) is 6.45. The molecule has 1 unspecified atom stereocenters. The molecule has 1 aromatic carbocycles. The van der Waals surface area contributed by atoms with Crippen LogP contribution in [0.1, 0.15) is 50.7 Å². The van der Waals surface area contributed by atoms with Gasteiger partial charge >= 0.3 is 5.97 Å². The van der Waals surface area contributed by atoms with Crippen molar-refractivity contribution in [3.05, 3.63) is 29.3 Å². The molecule has 0 radical (unpaired) electrons. The van der Waals surface area contributed by atoms with Gasteiger partial charge in [0.15, 0.2) is 6.10 Å². The highest BCUT2D eigenvalue weighted by atomic mass is 16.5. The van der Waals surface area contributed by atoms with Crippen LogP contribution < -0.4 is 4.74 Å². The van der Waals surface area contributed by atoms with Crippen LogP contribution in [-0.2, 0) is 4.79 Å². The molecule has 0 aromatic heterocycles. The third-order valence-electron chi connectivity index (χ3n) is 2.89. The highest BCUT2D eigenvalue weighted by molar-refractivity contribution is 5.72. The fraction of sp³-hybridized carbons (Fsp3) is 0.533. The molecule has 1 rings (SSSR count). The number of carboxylic acid groups (broad SMARTS) is 1. The minimum atomic E-state index is -0.895. The van der Waals surface area contributed by atoms with E-state index in [1.54, 1.807) is 0 Å². The Hall–Kier alpha value is -1.51. The largest absolute Gasteiger partial charge is 0.479 e. The molecule has 0 aliphatic rings. The van der Waals surface area contributed by atoms with Crippen LogP contribution in [0.3, 0.4) is 0 Å². The van der Waals surface area contributed by atoms with Gasteiger partial charge in [-0.15, -0.1) is 0 Å². The van der Waals surface area contributed by atoms with Crippen molar-refractivity contribution in [1.82, 2.24) is 0 Å². The number of rotatable bonds is 6. The smallest absolute Gasteiger partial charge is 0.344 e. The number of hydrogen-bond donors (Lipinski definition) is 1. The lowest BCUT2D eigenvalue weighted by Gasteiger charge is -2.19. The molecule has 3 heteroatoms. The van der Waals surface area contributed by atoms with Gasteiger partial charge in [-0.2, -0.15) is 0 Å². The van der Waals surface area contributed by atoms with E-state index in [9.17, 15) is 4.79 Å². The average Bonchev–Trinajstić information content (AvgIpc) is 2.28. The SMILES string of the molecule is CCCC(Oc1cc(C)ccc1C(C)C)C(=O)O. The molecular weight excluding hydrogens is 228 g/mol. The Morgan fingerprint density at radius 1 is 1.39 bits per heavy atom. The highest BCUT2D eigenvalue weighted by Crippen LogP contribution is 2.28. The van der Waals surface area contributed by atoms with E-state index in [2.05, 4.69) is 13.8 Å². The third kappa shape index (κ3) is 3.76. The van der Waals surface area contributed by atoms with E-state index in [4.69, 9.17) is 9.84 Å². The fourth-order valence-corrected chi connectivity index (χ4v) is 1.87. The summed E-state index contributed by atoms with van der Waals surface area (Å²) in [5.41, 5.74) is 2.14. The summed E-state index contributed by atoms with van der Waals surface area (Å²) in [6, 6.07) is 5.96. The quantitative estimate of drug-likeness (QED) is 0.836. The van der Waals surface area contributed by atoms with Gasteiger partial charge in [0.1, 0.15) is 5.75 Å². The minimum absolute atomic E-state index is 0.316. The van der Waals surface area contributed by atoms with E-state index in [1.165, 1.54) is 0 Å². The van der Waals surface area contributed by atoms with Crippen molar-refractivity contribution < 1.29 is 14.6 Å². The van der Waals surface area contributed by atoms with Gasteiger partial charge in [-0.1, -0.05) is 39.3 Å². The van der Waals surface area contributed by atoms with Crippen molar-refractivity contribution >= 4 is 5.97 Å². The van der Waals surface area contributed by atoms with Crippen LogP contribution in [0.4, 0.5) is 0 Å². The van der Waals surface area contributed by atoms with Crippen LogP contribution in [0, 0.1) is 6.92 Å². The molecule has 1 aromatic rings. The van der Waals surface area contributed by atoms with E-state index >= 15 is 0 Å². The lowest BCUT2D eigenvalue weighted by Crippen LogP contribution is -2.27. The van der Waals surface area contributed by atoms with Gasteiger partial charge in [0.05, 0.1) is 0 Å². The first-order valence-corrected chi connectivity index (χ1v) is 6.45. The normalized spacial score (nSPS) is 12.5. The number of hydrogen-bond acceptors (Lipinski definition) is 2. The van der Waals surface area contributed by atoms with E-state index in [1.807, 2.05) is 32.0 Å². The molecule has 18 heavy (non-hydrogen) atoms. The van der Waals surface area contributed by atoms with Crippen molar-refractivity contribution in [2.45, 2.75) is 52.6 Å². The Labute approximate surface area is 109 Å². The zero-order chi connectivity index (χ0) is 13.7. The Kier molecular flexibility index (Phi) is 5.20. The van der Waals surface area contributed by atoms with E-state index < -0.39 is 12.1 Å². The first-order chi connectivity index (χ1) is 8.45. The zero-order valence-corrected chi connectivity index (χ0v) is 11.6. The summed E-state index contributed by atoms with van der Waals surface area (Å²) >= 11 is 0. The van der Waals surface area contributed by atoms with E-state index in [0.29, 0.717) is 18.1 Å². The average molecular weight is 250 g/mol. The summed E-state index contributed by atoms with van der Waals surface area (Å²) < 4.78 is 5.69. The molecule has 0 fully saturated rings. The summed E-state index contributed by atoms with van der Waals surface area (Å²) in [6.45, 7) is 8.09. The highest BCUT2D eigenvalue weighted by Gasteiger charge is 2.20. The monoisotopic (exact) mass is 250 g/mol. The molecule has 0 aliphatic carbocycles. The summed E-state index contributed by atoms with van der Waals surface area (Å²) in [5.74, 6) is 0.121. The van der Waals surface area contributed by atoms with Crippen molar-refractivity contribution in [3.8, 4) is 5.75 Å². The Morgan fingerprint density at radius 3 is 2.56 bits per heavy atom. The second-order valence-electron chi connectivity index (χ2n) is 4.93. The number of ether oxygens (including phenoxy) is 1. The summed E-state index contributed by atoms with van der Waals surface area (Å²) in [5, 5.41) is 9.14. The van der Waals surface area contributed by atoms with Crippen LogP contribution >= 0.6 is 0 Å². The van der Waals surface area contributed by atoms with Crippen LogP contribution in [0.2, 0.25) is 0 Å². The van der Waals surface area contributed by atoms with Gasteiger partial charge in [0.25, 0.3) is 0 Å². The molecule has 0 bridgehead atoms. The second kappa shape index (κ2) is 6.43. The van der Waals surface area contributed by atoms with Gasteiger partial charge in [0.2, 0.25) is 0 Å². The van der Waals surface area contributed by atoms with Crippen molar-refractivity contribution in [2.24, 2.45) is 0 Å². The number of aryl methyl sites for hydroxylation is 1. The second-order valence-corrected chi connectivity index (χ2v) is 4.93. The number of benzene rings is 1. The third-order valence-corrected chi connectivity index (χ3v) is 2.89. The van der Waals surface area contributed by atoms with E-state index in [0.717, 1.165) is 17.5 Å². The molecule has 3 nitrogen and oxygen atoms in total. The predicted molar refractivity (Wildman–Crippen MR) is 72.2 cm³/mol. The summed E-state index contributed by atoms with van der Waals surface area (Å²) in [6.07, 6.45) is 0.565. The van der Waals surface area contributed by atoms with Crippen molar-refractivity contribution in [2.75, 3.05) is 0 Å². The molecule has 0 spiro atoms. The zero-order valence-electron chi connectivity index (χ0n) is 11.6. The van der Waals surface area contributed by atoms with Gasteiger partial charge < -0.3 is 9.84 Å². The van der Waals surface area contributed by atoms with Crippen LogP contribution in [0.25, 0.3) is 0 Å². The molecule has 1 N–H and O–H groups in total. The fourth-order valence-electron chi connectivity index (χ4n) is 1.87. The maximum atomic E-state index is 11.1. The molecule has 100 valence electrons. The van der Waals surface area contributed by atoms with E-state index in [-0.39, 0.29) is 0 Å². The molecule has 0 amide bonds. The van der Waals surface area contributed by atoms with Crippen LogP contribution in [-0.4, -0.2) is 17.2 Å². The number of carboxylic acids is 1. The molecule has 0 saturated heterocycles. The first kappa shape index (κ1) is 14.6. The lowest BCUT2D eigenvalue weighted by molar-refractivity contribution is -0.145. The summed E-state index contributed by atoms with van der Waals surface area (Å²) in [7, 11) is 0. The molecular formula is C15H22O3. The molecule has 0 heterocycles. The topological polar surface area (TPSA) is 46.5 Å². The van der Waals surface area contributed by atoms with Crippen molar-refractivity contribution in [3.63, 3.8) is 0 Å². The van der Waals surface area contributed by atoms with Crippen molar-refractivity contribution in [1.29, 1.82) is 0 Å². The standard InChI is InChI=1S/C15H22O3/c1-5-6-13(15(16)17)18-14-9-11(4)7-8-12(14)10(2)3/h7-10,13H,5-6H2,1-4H3,(H,16,17). The maximum absolute atomic E-state index is 11.1. The van der Waals surface area contributed by atoms with Gasteiger partial charge in [0, 0.05) is 0 Å². The number of carbonyl (C=O) groups is 1. The number of aliphatic carboxylic acids is 1. The minimum Gasteiger partial charge on any atom is -0.479 e. The summed E-state index contributed by atoms with van der Waals surface area (Å²) in [4.78, 5) is 11.1. The lowest BCUT2D eigenvalue weighted by atomic mass is 10.0. The van der Waals surface area contributed by atoms with Crippen LogP contribution in [0.5, 0.6) is 5.75 Å². The maximum Gasteiger partial charge on any atom is 0.344 e. The molecule has 0 saturated carbocycles. The van der Waals surface area contributed by atoms with Gasteiger partial charge in [-0.25, -0.2) is 4.79 Å². The predicted octanol–water partition coefficient (Wildman–Crippen LogP) is 3.75. The molecule has 0 aliphatic heterocycles. The Balaban J connectivity index is 3.00. The molecule has 1 atom stereocenters.